The Labute approximate surface area is 150 Å². The number of benzene rings is 1. The van der Waals surface area contributed by atoms with E-state index in [4.69, 9.17) is 17.3 Å². The highest BCUT2D eigenvalue weighted by Crippen LogP contribution is 2.38. The van der Waals surface area contributed by atoms with Crippen LogP contribution in [0.15, 0.2) is 29.6 Å². The van der Waals surface area contributed by atoms with E-state index in [1.165, 1.54) is 17.8 Å². The number of amides is 1. The van der Waals surface area contributed by atoms with E-state index in [0.29, 0.717) is 23.2 Å². The first-order valence-corrected chi connectivity index (χ1v) is 8.64. The van der Waals surface area contributed by atoms with Crippen LogP contribution in [-0.2, 0) is 6.54 Å². The van der Waals surface area contributed by atoms with Crippen LogP contribution in [0.4, 0.5) is 0 Å². The number of halogens is 2. The number of carbonyl (C=O) groups excluding carboxylic acids is 1. The van der Waals surface area contributed by atoms with E-state index in [0.717, 1.165) is 23.4 Å². The zero-order chi connectivity index (χ0) is 15.5. The molecule has 0 saturated heterocycles. The quantitative estimate of drug-likeness (QED) is 0.835. The molecule has 1 heterocycles. The van der Waals surface area contributed by atoms with Crippen LogP contribution in [0.3, 0.4) is 0 Å². The number of hydrogen-bond acceptors (Lipinski definition) is 4. The third-order valence-corrected chi connectivity index (χ3v) is 5.22. The maximum Gasteiger partial charge on any atom is 0.271 e. The monoisotopic (exact) mass is 371 g/mol. The first-order valence-electron chi connectivity index (χ1n) is 7.38. The molecule has 1 amide bonds. The largest absolute Gasteiger partial charge is 0.344 e. The van der Waals surface area contributed by atoms with Gasteiger partial charge in [0, 0.05) is 16.9 Å². The van der Waals surface area contributed by atoms with Crippen molar-refractivity contribution in [2.24, 2.45) is 11.7 Å². The number of aromatic nitrogens is 1. The lowest BCUT2D eigenvalue weighted by molar-refractivity contribution is 0.0896. The molecule has 23 heavy (non-hydrogen) atoms. The standard InChI is InChI=1S/C16H18ClN3OS.ClH/c17-12-6-4-11(5-7-12)15(10-2-1-3-10)20-16(21)13-9-22-14(8-18)19-13;/h4-7,9-10,15H,1-3,8,18H2,(H,20,21);1H. The molecule has 3 N–H and O–H groups in total. The number of nitrogens with two attached hydrogens (primary N) is 1. The number of hydrogen-bond donors (Lipinski definition) is 2. The first kappa shape index (κ1) is 18.2. The summed E-state index contributed by atoms with van der Waals surface area (Å²) in [4.78, 5) is 16.7. The van der Waals surface area contributed by atoms with E-state index in [-0.39, 0.29) is 24.4 Å². The van der Waals surface area contributed by atoms with Crippen LogP contribution in [0.5, 0.6) is 0 Å². The lowest BCUT2D eigenvalue weighted by Gasteiger charge is -2.34. The van der Waals surface area contributed by atoms with Crippen molar-refractivity contribution in [1.82, 2.24) is 10.3 Å². The summed E-state index contributed by atoms with van der Waals surface area (Å²) in [5.41, 5.74) is 7.09. The van der Waals surface area contributed by atoms with Gasteiger partial charge in [-0.15, -0.1) is 23.7 Å². The fourth-order valence-electron chi connectivity index (χ4n) is 2.64. The minimum atomic E-state index is -0.136. The topological polar surface area (TPSA) is 68.0 Å². The summed E-state index contributed by atoms with van der Waals surface area (Å²) in [5, 5.41) is 6.37. The molecule has 0 radical (unpaired) electrons. The maximum absolute atomic E-state index is 12.4. The molecule has 3 rings (SSSR count). The second kappa shape index (κ2) is 8.11. The van der Waals surface area contributed by atoms with Crippen LogP contribution in [0.25, 0.3) is 0 Å². The van der Waals surface area contributed by atoms with Gasteiger partial charge in [0.1, 0.15) is 10.7 Å². The smallest absolute Gasteiger partial charge is 0.271 e. The summed E-state index contributed by atoms with van der Waals surface area (Å²) in [6, 6.07) is 7.71. The van der Waals surface area contributed by atoms with E-state index >= 15 is 0 Å². The first-order chi connectivity index (χ1) is 10.7. The second-order valence-electron chi connectivity index (χ2n) is 5.52. The van der Waals surface area contributed by atoms with Crippen LogP contribution in [0.2, 0.25) is 5.02 Å². The summed E-state index contributed by atoms with van der Waals surface area (Å²) < 4.78 is 0. The predicted molar refractivity (Wildman–Crippen MR) is 96.3 cm³/mol. The molecule has 1 aromatic heterocycles. The lowest BCUT2D eigenvalue weighted by atomic mass is 9.77. The number of nitrogens with one attached hydrogen (secondary N) is 1. The van der Waals surface area contributed by atoms with Crippen molar-refractivity contribution < 1.29 is 4.79 Å². The SMILES string of the molecule is Cl.NCc1nc(C(=O)NC(c2ccc(Cl)cc2)C2CCC2)cs1. The summed E-state index contributed by atoms with van der Waals surface area (Å²) >= 11 is 7.37. The normalized spacial score (nSPS) is 15.4. The van der Waals surface area contributed by atoms with Gasteiger partial charge in [0.15, 0.2) is 0 Å². The molecular formula is C16H19Cl2N3OS. The van der Waals surface area contributed by atoms with Crippen LogP contribution in [-0.4, -0.2) is 10.9 Å². The number of nitrogens with zero attached hydrogens (tertiary/aromatic N) is 1. The highest BCUT2D eigenvalue weighted by atomic mass is 35.5. The Morgan fingerprint density at radius 2 is 2.09 bits per heavy atom. The molecule has 1 aromatic carbocycles. The lowest BCUT2D eigenvalue weighted by Crippen LogP contribution is -2.36. The van der Waals surface area contributed by atoms with E-state index in [1.54, 1.807) is 5.38 Å². The van der Waals surface area contributed by atoms with Crippen LogP contribution >= 0.6 is 35.3 Å². The van der Waals surface area contributed by atoms with Crippen molar-refractivity contribution in [3.05, 3.63) is 50.9 Å². The van der Waals surface area contributed by atoms with Crippen LogP contribution in [0, 0.1) is 5.92 Å². The van der Waals surface area contributed by atoms with Crippen molar-refractivity contribution >= 4 is 41.3 Å². The molecule has 1 unspecified atom stereocenters. The van der Waals surface area contributed by atoms with Gasteiger partial charge in [-0.25, -0.2) is 4.98 Å². The third-order valence-electron chi connectivity index (χ3n) is 4.10. The predicted octanol–water partition coefficient (Wildman–Crippen LogP) is 3.95. The van der Waals surface area contributed by atoms with Gasteiger partial charge < -0.3 is 11.1 Å². The Bertz CT molecular complexity index is 656. The Morgan fingerprint density at radius 3 is 2.61 bits per heavy atom. The molecule has 7 heteroatoms. The third kappa shape index (κ3) is 4.23. The summed E-state index contributed by atoms with van der Waals surface area (Å²) in [7, 11) is 0. The number of carbonyl (C=O) groups is 1. The van der Waals surface area contributed by atoms with Gasteiger partial charge in [-0.1, -0.05) is 30.2 Å². The molecule has 2 aromatic rings. The molecule has 1 aliphatic carbocycles. The molecular weight excluding hydrogens is 353 g/mol. The van der Waals surface area contributed by atoms with Gasteiger partial charge in [0.25, 0.3) is 5.91 Å². The zero-order valence-corrected chi connectivity index (χ0v) is 14.9. The van der Waals surface area contributed by atoms with Crippen molar-refractivity contribution in [2.45, 2.75) is 31.8 Å². The molecule has 0 spiro atoms. The Balaban J connectivity index is 0.00000192. The average molecular weight is 372 g/mol. The minimum absolute atomic E-state index is 0. The van der Waals surface area contributed by atoms with Gasteiger partial charge in [-0.3, -0.25) is 4.79 Å². The van der Waals surface area contributed by atoms with Crippen LogP contribution in [0.1, 0.15) is 46.4 Å². The minimum Gasteiger partial charge on any atom is -0.344 e. The fourth-order valence-corrected chi connectivity index (χ4v) is 3.42. The van der Waals surface area contributed by atoms with Gasteiger partial charge >= 0.3 is 0 Å². The highest BCUT2D eigenvalue weighted by Gasteiger charge is 2.30. The maximum atomic E-state index is 12.4. The number of thiazole rings is 1. The van der Waals surface area contributed by atoms with E-state index in [1.807, 2.05) is 24.3 Å². The van der Waals surface area contributed by atoms with Crippen molar-refractivity contribution in [3.63, 3.8) is 0 Å². The fraction of sp³-hybridized carbons (Fsp3) is 0.375. The van der Waals surface area contributed by atoms with E-state index < -0.39 is 0 Å². The summed E-state index contributed by atoms with van der Waals surface area (Å²) in [5.74, 6) is 0.348. The molecule has 0 aliphatic heterocycles. The molecule has 1 fully saturated rings. The molecule has 4 nitrogen and oxygen atoms in total. The molecule has 1 atom stereocenters. The van der Waals surface area contributed by atoms with Gasteiger partial charge in [0.2, 0.25) is 0 Å². The second-order valence-corrected chi connectivity index (χ2v) is 6.90. The molecule has 0 bridgehead atoms. The Hall–Kier alpha value is -1.14. The Morgan fingerprint density at radius 1 is 1.39 bits per heavy atom. The Kier molecular flexibility index (Phi) is 6.41. The van der Waals surface area contributed by atoms with Crippen molar-refractivity contribution in [1.29, 1.82) is 0 Å². The molecule has 124 valence electrons. The zero-order valence-electron chi connectivity index (χ0n) is 12.5. The summed E-state index contributed by atoms with van der Waals surface area (Å²) in [6.07, 6.45) is 3.50. The van der Waals surface area contributed by atoms with Gasteiger partial charge in [0.05, 0.1) is 6.04 Å². The number of rotatable bonds is 5. The molecule has 1 saturated carbocycles. The van der Waals surface area contributed by atoms with Gasteiger partial charge in [-0.05, 0) is 36.5 Å². The molecule has 1 aliphatic rings. The highest BCUT2D eigenvalue weighted by molar-refractivity contribution is 7.09. The van der Waals surface area contributed by atoms with E-state index in [9.17, 15) is 4.79 Å². The van der Waals surface area contributed by atoms with Gasteiger partial charge in [-0.2, -0.15) is 0 Å². The van der Waals surface area contributed by atoms with Crippen molar-refractivity contribution in [2.75, 3.05) is 0 Å². The van der Waals surface area contributed by atoms with Crippen LogP contribution < -0.4 is 11.1 Å². The average Bonchev–Trinajstić information content (AvgIpc) is 2.94. The summed E-state index contributed by atoms with van der Waals surface area (Å²) in [6.45, 7) is 0.362. The van der Waals surface area contributed by atoms with Crippen molar-refractivity contribution in [3.8, 4) is 0 Å². The van der Waals surface area contributed by atoms with E-state index in [2.05, 4.69) is 10.3 Å².